The minimum absolute atomic E-state index is 0.0176. The monoisotopic (exact) mass is 1130 g/mol. The molecule has 77 heavy (non-hydrogen) atoms. The maximum absolute atomic E-state index is 13.8. The zero-order chi connectivity index (χ0) is 56.4. The first-order valence-electron chi connectivity index (χ1n) is 23.7. The summed E-state index contributed by atoms with van der Waals surface area (Å²) in [6, 6.07) is 11.6. The molecule has 3 aliphatic rings. The molecule has 2 heterocycles. The van der Waals surface area contributed by atoms with Gasteiger partial charge in [0.05, 0.1) is 55.0 Å². The van der Waals surface area contributed by atoms with Gasteiger partial charge in [0.25, 0.3) is 20.2 Å². The first-order chi connectivity index (χ1) is 36.4. The quantitative estimate of drug-likeness (QED) is 0.0123. The molecule has 6 rings (SSSR count). The third kappa shape index (κ3) is 14.8. The van der Waals surface area contributed by atoms with Gasteiger partial charge in [-0.05, 0) is 49.2 Å². The van der Waals surface area contributed by atoms with Crippen molar-refractivity contribution in [3.8, 4) is 5.75 Å². The molecule has 10 N–H and O–H groups in total. The van der Waals surface area contributed by atoms with E-state index in [-0.39, 0.29) is 85.5 Å². The third-order valence-electron chi connectivity index (χ3n) is 12.4. The third-order valence-corrected chi connectivity index (χ3v) is 15.7. The lowest BCUT2D eigenvalue weighted by Gasteiger charge is -2.31. The number of imide groups is 1. The van der Waals surface area contributed by atoms with Crippen LogP contribution < -0.4 is 26.8 Å². The van der Waals surface area contributed by atoms with Gasteiger partial charge in [0.2, 0.25) is 23.5 Å². The van der Waals surface area contributed by atoms with E-state index in [2.05, 4.69) is 10.6 Å². The molecule has 0 saturated carbocycles. The number of aromatic carboxylic acids is 1. The van der Waals surface area contributed by atoms with Crippen molar-refractivity contribution in [3.63, 3.8) is 0 Å². The molecular formula is C50H55N5O19S3. The topological polar surface area (TPSA) is 393 Å². The van der Waals surface area contributed by atoms with Crippen LogP contribution in [0.3, 0.4) is 0 Å². The van der Waals surface area contributed by atoms with Crippen molar-refractivity contribution < 1.29 is 88.7 Å². The van der Waals surface area contributed by atoms with Gasteiger partial charge in [-0.1, -0.05) is 54.6 Å². The maximum atomic E-state index is 13.8. The van der Waals surface area contributed by atoms with E-state index in [0.29, 0.717) is 25.3 Å². The lowest BCUT2D eigenvalue weighted by molar-refractivity contribution is -0.151. The van der Waals surface area contributed by atoms with Crippen LogP contribution in [0.5, 0.6) is 5.75 Å². The van der Waals surface area contributed by atoms with Gasteiger partial charge < -0.3 is 46.5 Å². The van der Waals surface area contributed by atoms with Crippen LogP contribution in [-0.2, 0) is 64.9 Å². The summed E-state index contributed by atoms with van der Waals surface area (Å²) in [5, 5.41) is 24.7. The van der Waals surface area contributed by atoms with Crippen molar-refractivity contribution in [2.75, 3.05) is 58.1 Å². The summed E-state index contributed by atoms with van der Waals surface area (Å²) in [4.78, 5) is 104. The fourth-order valence-electron chi connectivity index (χ4n) is 8.63. The highest BCUT2D eigenvalue weighted by molar-refractivity contribution is 8.00. The number of ketones is 3. The number of likely N-dealkylation sites (N-methyl/N-ethyl adjacent to an activating group) is 1. The van der Waals surface area contributed by atoms with Crippen LogP contribution in [-0.4, -0.2) is 158 Å². The number of Topliss-reactive ketones (excluding diaryl/α,β-unsaturated/α-hetero) is 3. The maximum Gasteiger partial charge on any atom is 0.372 e. The number of fused-ring (bicyclic) bond motifs is 2. The molecule has 4 unspecified atom stereocenters. The molecule has 27 heteroatoms. The van der Waals surface area contributed by atoms with Crippen LogP contribution in [0, 0.1) is 5.92 Å². The van der Waals surface area contributed by atoms with Crippen molar-refractivity contribution in [1.82, 2.24) is 15.5 Å². The summed E-state index contributed by atoms with van der Waals surface area (Å²) >= 11 is 0.803. The summed E-state index contributed by atoms with van der Waals surface area (Å²) < 4.78 is 87.3. The molecular weight excluding hydrogens is 1070 g/mol. The number of amides is 3. The number of benzene rings is 3. The molecule has 3 aromatic rings. The molecule has 0 radical (unpaired) electrons. The van der Waals surface area contributed by atoms with E-state index in [4.69, 9.17) is 25.7 Å². The molecule has 0 spiro atoms. The van der Waals surface area contributed by atoms with Crippen LogP contribution in [0.15, 0.2) is 93.9 Å². The second-order valence-corrected chi connectivity index (χ2v) is 21.7. The Balaban J connectivity index is 1.13. The van der Waals surface area contributed by atoms with E-state index in [9.17, 15) is 74.5 Å². The number of nitrogens with one attached hydrogen (secondary N) is 2. The molecule has 2 aliphatic heterocycles. The van der Waals surface area contributed by atoms with Gasteiger partial charge in [0, 0.05) is 72.7 Å². The number of aliphatic carboxylic acids is 1. The standard InChI is InChI=1S/C50H55N5O19S3/c1-53-16-19-73-21-20-72-18-15-40(58)54-36(22-27-6-3-2-4-7-27)38(57)24-29(43(60)50(64)65)26-75-39-25-41(59)55(48(39)61)17-5-8-37(56)28-9-10-30(33(23-28)49(62)63)42-31-11-13-34(51)46(76(66,67)68)44(31)74-45-32(42)12-14-35(52)47(45)77(69,70)71/h2-4,6-7,9-14,23,29,34,36,39,53H,5,8,15-22,24-26,51-52H2,1H3,(H,54,58)(H,62,63)(H,64,65)(H,66,67,68)(H,69,70,71). The van der Waals surface area contributed by atoms with Crippen molar-refractivity contribution in [2.24, 2.45) is 11.7 Å². The number of carboxylic acid groups (broad SMARTS) is 2. The van der Waals surface area contributed by atoms with Crippen LogP contribution in [0.25, 0.3) is 5.57 Å². The number of hydrogen-bond acceptors (Lipinski definition) is 19. The van der Waals surface area contributed by atoms with Crippen LogP contribution in [0.4, 0.5) is 5.69 Å². The van der Waals surface area contributed by atoms with Gasteiger partial charge >= 0.3 is 11.9 Å². The molecule has 0 bridgehead atoms. The number of nitrogen functional groups attached to an aromatic ring is 1. The number of thioether (sulfide) groups is 1. The number of nitrogens with zero attached hydrogens (tertiary/aromatic N) is 1. The second kappa shape index (κ2) is 25.9. The number of ether oxygens (including phenoxy) is 3. The number of carboxylic acids is 2. The highest BCUT2D eigenvalue weighted by atomic mass is 32.2. The largest absolute Gasteiger partial charge is 0.478 e. The SMILES string of the molecule is CNCCOCCOCCC(=O)NC(Cc1ccccc1)C(=O)CC(CSC1CC(=O)N(CCCC(=O)c2ccc(C3=C4C=CC(N)C(S(=O)(=O)O)=C4Oc4c3ccc(N)c4S(=O)(=O)O)c(C(=O)O)c2)C1=O)C(=O)C(=O)O. The molecule has 3 amide bonds. The zero-order valence-electron chi connectivity index (χ0n) is 41.2. The lowest BCUT2D eigenvalue weighted by Crippen LogP contribution is -2.44. The first-order valence-corrected chi connectivity index (χ1v) is 27.6. The summed E-state index contributed by atoms with van der Waals surface area (Å²) in [6.07, 6.45) is 0.873. The molecule has 0 aromatic heterocycles. The van der Waals surface area contributed by atoms with E-state index in [0.717, 1.165) is 34.9 Å². The van der Waals surface area contributed by atoms with E-state index >= 15 is 0 Å². The van der Waals surface area contributed by atoms with Gasteiger partial charge in [-0.15, -0.1) is 11.8 Å². The van der Waals surface area contributed by atoms with Gasteiger partial charge in [-0.2, -0.15) is 16.8 Å². The van der Waals surface area contributed by atoms with Crippen LogP contribution >= 0.6 is 11.8 Å². The normalized spacial score (nSPS) is 17.1. The van der Waals surface area contributed by atoms with E-state index in [1.165, 1.54) is 24.3 Å². The van der Waals surface area contributed by atoms with Crippen molar-refractivity contribution in [1.29, 1.82) is 0 Å². The number of nitrogens with two attached hydrogens (primary N) is 2. The molecule has 412 valence electrons. The van der Waals surface area contributed by atoms with Crippen molar-refractivity contribution in [3.05, 3.63) is 117 Å². The van der Waals surface area contributed by atoms with E-state index in [1.54, 1.807) is 37.4 Å². The minimum Gasteiger partial charge on any atom is -0.478 e. The molecule has 3 aromatic carbocycles. The Hall–Kier alpha value is -6.95. The highest BCUT2D eigenvalue weighted by Crippen LogP contribution is 2.49. The number of rotatable bonds is 29. The predicted octanol–water partition coefficient (Wildman–Crippen LogP) is 1.83. The Bertz CT molecular complexity index is 3180. The Morgan fingerprint density at radius 1 is 0.896 bits per heavy atom. The molecule has 24 nitrogen and oxygen atoms in total. The van der Waals surface area contributed by atoms with Gasteiger partial charge in [-0.25, -0.2) is 9.59 Å². The smallest absolute Gasteiger partial charge is 0.372 e. The second-order valence-electron chi connectivity index (χ2n) is 17.7. The average Bonchev–Trinajstić information content (AvgIpc) is 3.69. The number of hydrogen-bond donors (Lipinski definition) is 8. The summed E-state index contributed by atoms with van der Waals surface area (Å²) in [5.41, 5.74) is 10.5. The van der Waals surface area contributed by atoms with Gasteiger partial charge in [-0.3, -0.25) is 42.8 Å². The van der Waals surface area contributed by atoms with E-state index in [1.807, 2.05) is 0 Å². The summed E-state index contributed by atoms with van der Waals surface area (Å²) in [5.74, 6) is -11.2. The Morgan fingerprint density at radius 3 is 2.23 bits per heavy atom. The van der Waals surface area contributed by atoms with Gasteiger partial charge in [0.15, 0.2) is 28.0 Å². The number of likely N-dealkylation sites (tertiary alicyclic amines) is 1. The first kappa shape index (κ1) is 59.3. The number of carbonyl (C=O) groups excluding carboxylic acids is 6. The average molecular weight is 1130 g/mol. The molecule has 1 fully saturated rings. The molecule has 1 saturated heterocycles. The molecule has 1 aliphatic carbocycles. The van der Waals surface area contributed by atoms with Crippen LogP contribution in [0.2, 0.25) is 0 Å². The fourth-order valence-corrected chi connectivity index (χ4v) is 11.5. The Kier molecular flexibility index (Phi) is 20.0. The Labute approximate surface area is 445 Å². The number of anilines is 1. The number of allylic oxidation sites excluding steroid dienone is 1. The Morgan fingerprint density at radius 2 is 1.58 bits per heavy atom. The summed E-state index contributed by atoms with van der Waals surface area (Å²) in [7, 11) is -8.62. The highest BCUT2D eigenvalue weighted by Gasteiger charge is 2.42. The summed E-state index contributed by atoms with van der Waals surface area (Å²) in [6.45, 7) is 1.40. The minimum atomic E-state index is -5.21. The lowest BCUT2D eigenvalue weighted by atomic mass is 9.84. The number of carbonyl (C=O) groups is 8. The van der Waals surface area contributed by atoms with Crippen molar-refractivity contribution in [2.45, 2.75) is 60.8 Å². The predicted molar refractivity (Wildman–Crippen MR) is 276 cm³/mol. The fraction of sp³-hybridized carbons (Fsp3) is 0.360. The van der Waals surface area contributed by atoms with Crippen molar-refractivity contribution >= 4 is 90.3 Å². The zero-order valence-corrected chi connectivity index (χ0v) is 43.6. The van der Waals surface area contributed by atoms with Gasteiger partial charge in [0.1, 0.15) is 4.91 Å². The van der Waals surface area contributed by atoms with E-state index < -0.39 is 129 Å². The molecule has 4 atom stereocenters. The van der Waals surface area contributed by atoms with Crippen LogP contribution in [0.1, 0.15) is 69.5 Å².